The lowest BCUT2D eigenvalue weighted by atomic mass is 9.94. The Morgan fingerprint density at radius 2 is 2.09 bits per heavy atom. The Hall–Kier alpha value is -1.06. The van der Waals surface area contributed by atoms with Crippen LogP contribution in [0.3, 0.4) is 0 Å². The van der Waals surface area contributed by atoms with Crippen LogP contribution in [0.4, 0.5) is 0 Å². The molecule has 1 aliphatic heterocycles. The van der Waals surface area contributed by atoms with Crippen molar-refractivity contribution >= 4 is 11.9 Å². The van der Waals surface area contributed by atoms with E-state index in [4.69, 9.17) is 5.11 Å². The summed E-state index contributed by atoms with van der Waals surface area (Å²) in [5.74, 6) is -1.06. The molecular weight excluding hydrogens is 146 g/mol. The smallest absolute Gasteiger partial charge is 0.326 e. The van der Waals surface area contributed by atoms with E-state index in [0.29, 0.717) is 6.42 Å². The number of likely N-dealkylation sites (tertiary alicyclic amines) is 1. The molecule has 0 bridgehead atoms. The van der Waals surface area contributed by atoms with Gasteiger partial charge in [0.1, 0.15) is 6.04 Å². The van der Waals surface area contributed by atoms with Gasteiger partial charge in [-0.25, -0.2) is 4.79 Å². The molecule has 0 aromatic rings. The second-order valence-electron chi connectivity index (χ2n) is 2.87. The van der Waals surface area contributed by atoms with Crippen molar-refractivity contribution in [1.29, 1.82) is 0 Å². The highest BCUT2D eigenvalue weighted by Crippen LogP contribution is 2.25. The summed E-state index contributed by atoms with van der Waals surface area (Å²) in [7, 11) is 0. The summed E-state index contributed by atoms with van der Waals surface area (Å²) in [6, 6.07) is -0.490. The molecule has 11 heavy (non-hydrogen) atoms. The number of carboxylic acids is 1. The molecule has 0 spiro atoms. The van der Waals surface area contributed by atoms with Crippen LogP contribution in [0.5, 0.6) is 0 Å². The molecule has 0 radical (unpaired) electrons. The molecule has 0 saturated carbocycles. The highest BCUT2D eigenvalue weighted by molar-refractivity contribution is 5.84. The molecule has 4 heteroatoms. The van der Waals surface area contributed by atoms with Crippen LogP contribution in [-0.4, -0.2) is 34.0 Å². The quantitative estimate of drug-likeness (QED) is 0.586. The van der Waals surface area contributed by atoms with Crippen LogP contribution in [0.15, 0.2) is 0 Å². The van der Waals surface area contributed by atoms with Gasteiger partial charge in [0.05, 0.1) is 0 Å². The number of carbonyl (C=O) groups excluding carboxylic acids is 1. The van der Waals surface area contributed by atoms with Crippen molar-refractivity contribution in [3.05, 3.63) is 0 Å². The summed E-state index contributed by atoms with van der Waals surface area (Å²) in [6.07, 6.45) is 0.578. The van der Waals surface area contributed by atoms with Crippen molar-refractivity contribution in [3.63, 3.8) is 0 Å². The molecule has 0 aliphatic carbocycles. The molecule has 0 unspecified atom stereocenters. The molecule has 62 valence electrons. The first-order valence-electron chi connectivity index (χ1n) is 3.55. The minimum atomic E-state index is -0.904. The van der Waals surface area contributed by atoms with Crippen LogP contribution in [0, 0.1) is 0 Å². The van der Waals surface area contributed by atoms with E-state index in [-0.39, 0.29) is 11.9 Å². The Morgan fingerprint density at radius 1 is 1.55 bits per heavy atom. The molecule has 0 aromatic heterocycles. The number of amides is 1. The summed E-state index contributed by atoms with van der Waals surface area (Å²) >= 11 is 0. The molecule has 1 rings (SSSR count). The molecule has 1 saturated heterocycles. The second kappa shape index (κ2) is 2.53. The molecule has 4 nitrogen and oxygen atoms in total. The maximum atomic E-state index is 10.8. The third-order valence-corrected chi connectivity index (χ3v) is 2.02. The molecule has 0 aromatic carbocycles. The van der Waals surface area contributed by atoms with Gasteiger partial charge in [-0.2, -0.15) is 0 Å². The maximum Gasteiger partial charge on any atom is 0.326 e. The van der Waals surface area contributed by atoms with Crippen molar-refractivity contribution in [2.24, 2.45) is 0 Å². The monoisotopic (exact) mass is 157 g/mol. The first-order chi connectivity index (χ1) is 5.04. The van der Waals surface area contributed by atoms with Crippen LogP contribution in [0.1, 0.15) is 20.3 Å². The Labute approximate surface area is 64.8 Å². The molecular formula is C7H11NO3. The predicted molar refractivity (Wildman–Crippen MR) is 38.0 cm³/mol. The highest BCUT2D eigenvalue weighted by atomic mass is 16.4. The summed E-state index contributed by atoms with van der Waals surface area (Å²) in [5, 5.41) is 8.58. The Balaban J connectivity index is 2.62. The molecule has 1 N–H and O–H groups in total. The third kappa shape index (κ3) is 1.20. The zero-order chi connectivity index (χ0) is 8.59. The number of carboxylic acid groups (broad SMARTS) is 1. The van der Waals surface area contributed by atoms with Crippen molar-refractivity contribution in [3.8, 4) is 0 Å². The van der Waals surface area contributed by atoms with Gasteiger partial charge in [0.25, 0.3) is 0 Å². The fraction of sp³-hybridized carbons (Fsp3) is 0.714. The summed E-state index contributed by atoms with van der Waals surface area (Å²) in [6.45, 7) is 3.24. The van der Waals surface area contributed by atoms with Crippen LogP contribution < -0.4 is 0 Å². The van der Waals surface area contributed by atoms with E-state index in [1.807, 2.05) is 6.92 Å². The fourth-order valence-electron chi connectivity index (χ4n) is 1.47. The van der Waals surface area contributed by atoms with Crippen molar-refractivity contribution in [2.75, 3.05) is 0 Å². The van der Waals surface area contributed by atoms with Gasteiger partial charge in [0, 0.05) is 13.0 Å². The van der Waals surface area contributed by atoms with Crippen LogP contribution in [0.2, 0.25) is 0 Å². The van der Waals surface area contributed by atoms with E-state index in [2.05, 4.69) is 0 Å². The predicted octanol–water partition coefficient (Wildman–Crippen LogP) is 0.0803. The second-order valence-corrected chi connectivity index (χ2v) is 2.87. The topological polar surface area (TPSA) is 57.6 Å². The normalized spacial score (nSPS) is 29.5. The SMILES string of the molecule is CC(=O)N1[C@H](C)C[C@H]1C(=O)O. The molecule has 2 atom stereocenters. The average molecular weight is 157 g/mol. The molecule has 1 heterocycles. The number of aliphatic carboxylic acids is 1. The maximum absolute atomic E-state index is 10.8. The molecule has 1 fully saturated rings. The largest absolute Gasteiger partial charge is 0.480 e. The zero-order valence-electron chi connectivity index (χ0n) is 6.57. The number of nitrogens with zero attached hydrogens (tertiary/aromatic N) is 1. The van der Waals surface area contributed by atoms with E-state index in [0.717, 1.165) is 0 Å². The minimum Gasteiger partial charge on any atom is -0.480 e. The van der Waals surface area contributed by atoms with Crippen molar-refractivity contribution < 1.29 is 14.7 Å². The lowest BCUT2D eigenvalue weighted by Crippen LogP contribution is -2.59. The van der Waals surface area contributed by atoms with E-state index < -0.39 is 12.0 Å². The van der Waals surface area contributed by atoms with Gasteiger partial charge in [-0.1, -0.05) is 0 Å². The Morgan fingerprint density at radius 3 is 2.27 bits per heavy atom. The van der Waals surface area contributed by atoms with E-state index >= 15 is 0 Å². The summed E-state index contributed by atoms with van der Waals surface area (Å²) in [4.78, 5) is 22.7. The average Bonchev–Trinajstić information content (AvgIpc) is 1.80. The summed E-state index contributed by atoms with van der Waals surface area (Å²) in [5.41, 5.74) is 0. The van der Waals surface area contributed by atoms with Crippen LogP contribution in [0.25, 0.3) is 0 Å². The van der Waals surface area contributed by atoms with Crippen LogP contribution in [-0.2, 0) is 9.59 Å². The van der Waals surface area contributed by atoms with Crippen LogP contribution >= 0.6 is 0 Å². The van der Waals surface area contributed by atoms with Gasteiger partial charge < -0.3 is 10.0 Å². The van der Waals surface area contributed by atoms with E-state index in [1.165, 1.54) is 11.8 Å². The number of carbonyl (C=O) groups is 2. The Bertz CT molecular complexity index is 202. The molecule has 1 amide bonds. The van der Waals surface area contributed by atoms with Gasteiger partial charge >= 0.3 is 5.97 Å². The first kappa shape index (κ1) is 8.04. The number of hydrogen-bond donors (Lipinski definition) is 1. The van der Waals surface area contributed by atoms with Gasteiger partial charge in [-0.3, -0.25) is 4.79 Å². The third-order valence-electron chi connectivity index (χ3n) is 2.02. The minimum absolute atomic E-state index is 0.0913. The van der Waals surface area contributed by atoms with E-state index in [9.17, 15) is 9.59 Å². The highest BCUT2D eigenvalue weighted by Gasteiger charge is 2.41. The fourth-order valence-corrected chi connectivity index (χ4v) is 1.47. The van der Waals surface area contributed by atoms with Gasteiger partial charge in [-0.05, 0) is 13.3 Å². The van der Waals surface area contributed by atoms with Crippen molar-refractivity contribution in [2.45, 2.75) is 32.4 Å². The lowest BCUT2D eigenvalue weighted by molar-refractivity contribution is -0.160. The number of hydrogen-bond acceptors (Lipinski definition) is 2. The number of rotatable bonds is 1. The summed E-state index contributed by atoms with van der Waals surface area (Å²) < 4.78 is 0. The van der Waals surface area contributed by atoms with Gasteiger partial charge in [0.2, 0.25) is 5.91 Å². The van der Waals surface area contributed by atoms with E-state index in [1.54, 1.807) is 0 Å². The lowest BCUT2D eigenvalue weighted by Gasteiger charge is -2.43. The molecule has 1 aliphatic rings. The Kier molecular flexibility index (Phi) is 1.85. The van der Waals surface area contributed by atoms with Gasteiger partial charge in [0.15, 0.2) is 0 Å². The standard InChI is InChI=1S/C7H11NO3/c1-4-3-6(7(10)11)8(4)5(2)9/h4,6H,3H2,1-2H3,(H,10,11)/t4-,6+/m1/s1. The van der Waals surface area contributed by atoms with Crippen molar-refractivity contribution in [1.82, 2.24) is 4.90 Å². The zero-order valence-corrected chi connectivity index (χ0v) is 6.57. The first-order valence-corrected chi connectivity index (χ1v) is 3.55. The van der Waals surface area contributed by atoms with Gasteiger partial charge in [-0.15, -0.1) is 0 Å².